The number of aromatic hydroxyl groups is 1. The van der Waals surface area contributed by atoms with Gasteiger partial charge in [0.1, 0.15) is 18.1 Å². The van der Waals surface area contributed by atoms with Crippen molar-refractivity contribution >= 4 is 11.6 Å². The summed E-state index contributed by atoms with van der Waals surface area (Å²) in [7, 11) is 0. The van der Waals surface area contributed by atoms with Crippen LogP contribution in [0.4, 0.5) is 5.69 Å². The molecule has 1 saturated carbocycles. The van der Waals surface area contributed by atoms with Crippen LogP contribution in [0.5, 0.6) is 5.75 Å². The zero-order chi connectivity index (χ0) is 24.2. The standard InChI is InChI=1S/C24H25N7O3/c25-11-21(27)15-3-1-14(2-4-15)12-28-22(33)10-20-23(16-7-17(26)9-19(32)8-16)29-13-31(24(20)34)30-18-5-6-18/h1-4,7-9,13,18,21,30,32H,5-6,10,12,26-27H2,(H,28,33). The van der Waals surface area contributed by atoms with Gasteiger partial charge in [-0.15, -0.1) is 0 Å². The van der Waals surface area contributed by atoms with Crippen LogP contribution in [0.2, 0.25) is 0 Å². The van der Waals surface area contributed by atoms with Crippen molar-refractivity contribution in [1.82, 2.24) is 15.0 Å². The molecular weight excluding hydrogens is 434 g/mol. The molecule has 1 atom stereocenters. The van der Waals surface area contributed by atoms with Crippen molar-refractivity contribution < 1.29 is 9.90 Å². The van der Waals surface area contributed by atoms with Gasteiger partial charge in [-0.25, -0.2) is 9.66 Å². The number of nitrogens with two attached hydrogens (primary N) is 2. The highest BCUT2D eigenvalue weighted by atomic mass is 16.3. The van der Waals surface area contributed by atoms with E-state index < -0.39 is 6.04 Å². The van der Waals surface area contributed by atoms with Crippen molar-refractivity contribution in [1.29, 1.82) is 5.26 Å². The molecule has 0 radical (unpaired) electrons. The predicted molar refractivity (Wildman–Crippen MR) is 127 cm³/mol. The van der Waals surface area contributed by atoms with E-state index in [0.29, 0.717) is 16.8 Å². The lowest BCUT2D eigenvalue weighted by Crippen LogP contribution is -2.35. The summed E-state index contributed by atoms with van der Waals surface area (Å²) < 4.78 is 1.30. The molecule has 1 aliphatic carbocycles. The molecule has 1 unspecified atom stereocenters. The van der Waals surface area contributed by atoms with Crippen molar-refractivity contribution in [3.8, 4) is 23.1 Å². The summed E-state index contributed by atoms with van der Waals surface area (Å²) in [6.45, 7) is 0.240. The molecule has 1 fully saturated rings. The molecule has 7 N–H and O–H groups in total. The molecule has 4 rings (SSSR count). The molecule has 1 aromatic heterocycles. The van der Waals surface area contributed by atoms with E-state index in [9.17, 15) is 14.7 Å². The fourth-order valence-corrected chi connectivity index (χ4v) is 3.51. The Labute approximate surface area is 195 Å². The second-order valence-electron chi connectivity index (χ2n) is 8.27. The summed E-state index contributed by atoms with van der Waals surface area (Å²) in [5.41, 5.74) is 17.0. The van der Waals surface area contributed by atoms with Crippen molar-refractivity contribution in [2.45, 2.75) is 37.9 Å². The Morgan fingerprint density at radius 1 is 1.26 bits per heavy atom. The van der Waals surface area contributed by atoms with Crippen molar-refractivity contribution in [2.75, 3.05) is 11.2 Å². The third-order valence-corrected chi connectivity index (χ3v) is 5.48. The van der Waals surface area contributed by atoms with Crippen molar-refractivity contribution in [3.63, 3.8) is 0 Å². The summed E-state index contributed by atoms with van der Waals surface area (Å²) in [4.78, 5) is 30.4. The van der Waals surface area contributed by atoms with Gasteiger partial charge < -0.3 is 27.3 Å². The number of amides is 1. The van der Waals surface area contributed by atoms with Gasteiger partial charge in [0.05, 0.1) is 23.7 Å². The number of hydrogen-bond acceptors (Lipinski definition) is 8. The zero-order valence-corrected chi connectivity index (χ0v) is 18.4. The monoisotopic (exact) mass is 459 g/mol. The van der Waals surface area contributed by atoms with Crippen LogP contribution in [0.3, 0.4) is 0 Å². The van der Waals surface area contributed by atoms with Crippen LogP contribution in [-0.2, 0) is 17.8 Å². The number of carbonyl (C=O) groups is 1. The molecule has 3 aromatic rings. The largest absolute Gasteiger partial charge is 0.508 e. The first kappa shape index (κ1) is 22.8. The number of nitrogen functional groups attached to an aromatic ring is 1. The number of carbonyl (C=O) groups excluding carboxylic acids is 1. The molecule has 1 aliphatic rings. The Kier molecular flexibility index (Phi) is 6.47. The van der Waals surface area contributed by atoms with Crippen LogP contribution in [0.1, 0.15) is 35.6 Å². The van der Waals surface area contributed by atoms with Crippen LogP contribution in [-0.4, -0.2) is 26.7 Å². The molecule has 174 valence electrons. The Bertz CT molecular complexity index is 1290. The van der Waals surface area contributed by atoms with Gasteiger partial charge in [-0.3, -0.25) is 9.59 Å². The number of nitrogens with one attached hydrogen (secondary N) is 2. The van der Waals surface area contributed by atoms with Crippen LogP contribution in [0.15, 0.2) is 53.6 Å². The van der Waals surface area contributed by atoms with Crippen molar-refractivity contribution in [2.24, 2.45) is 5.73 Å². The summed E-state index contributed by atoms with van der Waals surface area (Å²) >= 11 is 0. The molecule has 10 nitrogen and oxygen atoms in total. The van der Waals surface area contributed by atoms with E-state index in [1.165, 1.54) is 23.1 Å². The molecule has 0 aliphatic heterocycles. The lowest BCUT2D eigenvalue weighted by atomic mass is 10.0. The molecule has 34 heavy (non-hydrogen) atoms. The number of nitriles is 1. The minimum absolute atomic E-state index is 0.0629. The molecule has 0 saturated heterocycles. The Morgan fingerprint density at radius 3 is 2.65 bits per heavy atom. The highest BCUT2D eigenvalue weighted by molar-refractivity contribution is 5.81. The van der Waals surface area contributed by atoms with Gasteiger partial charge >= 0.3 is 0 Å². The predicted octanol–water partition coefficient (Wildman–Crippen LogP) is 1.29. The average molecular weight is 460 g/mol. The second-order valence-corrected chi connectivity index (χ2v) is 8.27. The van der Waals surface area contributed by atoms with Gasteiger partial charge in [0.25, 0.3) is 5.56 Å². The molecule has 1 heterocycles. The SMILES string of the molecule is N#CC(N)c1ccc(CNC(=O)Cc2c(-c3cc(N)cc(O)c3)ncn(NC3CC3)c2=O)cc1. The first-order chi connectivity index (χ1) is 16.3. The van der Waals surface area contributed by atoms with Gasteiger partial charge in [-0.1, -0.05) is 24.3 Å². The van der Waals surface area contributed by atoms with Crippen LogP contribution in [0, 0.1) is 11.3 Å². The number of anilines is 1. The summed E-state index contributed by atoms with van der Waals surface area (Å²) in [5, 5.41) is 21.7. The van der Waals surface area contributed by atoms with Gasteiger partial charge in [0, 0.05) is 29.9 Å². The smallest absolute Gasteiger partial charge is 0.276 e. The number of benzene rings is 2. The maximum absolute atomic E-state index is 13.2. The first-order valence-electron chi connectivity index (χ1n) is 10.8. The Hall–Kier alpha value is -4.36. The van der Waals surface area contributed by atoms with E-state index >= 15 is 0 Å². The molecule has 10 heteroatoms. The fourth-order valence-electron chi connectivity index (χ4n) is 3.51. The minimum Gasteiger partial charge on any atom is -0.508 e. The lowest BCUT2D eigenvalue weighted by molar-refractivity contribution is -0.120. The highest BCUT2D eigenvalue weighted by Gasteiger charge is 2.24. The lowest BCUT2D eigenvalue weighted by Gasteiger charge is -2.14. The zero-order valence-electron chi connectivity index (χ0n) is 18.4. The molecule has 1 amide bonds. The van der Waals surface area contributed by atoms with Gasteiger partial charge in [-0.2, -0.15) is 5.26 Å². The first-order valence-corrected chi connectivity index (χ1v) is 10.8. The minimum atomic E-state index is -0.703. The normalized spacial score (nSPS) is 13.6. The average Bonchev–Trinajstić information content (AvgIpc) is 3.63. The van der Waals surface area contributed by atoms with Crippen molar-refractivity contribution in [3.05, 3.63) is 75.8 Å². The fraction of sp³-hybridized carbons (Fsp3) is 0.250. The molecule has 2 aromatic carbocycles. The van der Waals surface area contributed by atoms with E-state index in [0.717, 1.165) is 18.4 Å². The van der Waals surface area contributed by atoms with Crippen LogP contribution < -0.4 is 27.8 Å². The summed E-state index contributed by atoms with van der Waals surface area (Å²) in [5.74, 6) is -0.428. The molecular formula is C24H25N7O3. The number of rotatable bonds is 8. The summed E-state index contributed by atoms with van der Waals surface area (Å²) in [6, 6.07) is 13.0. The number of aromatic nitrogens is 2. The number of phenols is 1. The quantitative estimate of drug-likeness (QED) is 0.313. The second kappa shape index (κ2) is 9.64. The number of nitrogens with zero attached hydrogens (tertiary/aromatic N) is 3. The van der Waals surface area contributed by atoms with Gasteiger partial charge in [0.2, 0.25) is 5.91 Å². The number of phenolic OH excluding ortho intramolecular Hbond substituents is 1. The van der Waals surface area contributed by atoms with E-state index in [2.05, 4.69) is 15.7 Å². The molecule has 0 bridgehead atoms. The van der Waals surface area contributed by atoms with Crippen LogP contribution in [0.25, 0.3) is 11.3 Å². The number of hydrogen-bond donors (Lipinski definition) is 5. The van der Waals surface area contributed by atoms with Crippen LogP contribution >= 0.6 is 0 Å². The van der Waals surface area contributed by atoms with E-state index in [1.54, 1.807) is 30.3 Å². The Balaban J connectivity index is 1.55. The maximum Gasteiger partial charge on any atom is 0.276 e. The summed E-state index contributed by atoms with van der Waals surface area (Å²) in [6.07, 6.45) is 3.10. The Morgan fingerprint density at radius 2 is 2.00 bits per heavy atom. The third-order valence-electron chi connectivity index (χ3n) is 5.48. The van der Waals surface area contributed by atoms with Gasteiger partial charge in [0.15, 0.2) is 0 Å². The van der Waals surface area contributed by atoms with E-state index in [-0.39, 0.29) is 47.5 Å². The maximum atomic E-state index is 13.2. The van der Waals surface area contributed by atoms with E-state index in [4.69, 9.17) is 16.7 Å². The third kappa shape index (κ3) is 5.33. The van der Waals surface area contributed by atoms with Gasteiger partial charge in [-0.05, 0) is 36.1 Å². The highest BCUT2D eigenvalue weighted by Crippen LogP contribution is 2.27. The topological polar surface area (TPSA) is 172 Å². The van der Waals surface area contributed by atoms with E-state index in [1.807, 2.05) is 6.07 Å². The molecule has 0 spiro atoms.